The second kappa shape index (κ2) is 6.44. The van der Waals surface area contributed by atoms with Crippen LogP contribution >= 0.6 is 0 Å². The molecule has 2 heterocycles. The standard InChI is InChI=1S/C18H23N3O2/c1-4-16-14(9-19-21(16)10-12(2)3)18(22)20-15-11-23-17-8-6-5-7-13(15)17/h5-9,12,15H,4,10-11H2,1-3H3,(H,20,22)/t15-/m0/s1. The number of nitrogens with zero attached hydrogens (tertiary/aromatic N) is 2. The topological polar surface area (TPSA) is 56.1 Å². The van der Waals surface area contributed by atoms with Gasteiger partial charge in [-0.3, -0.25) is 9.48 Å². The van der Waals surface area contributed by atoms with Crippen molar-refractivity contribution in [3.8, 4) is 5.75 Å². The normalized spacial score (nSPS) is 16.3. The summed E-state index contributed by atoms with van der Waals surface area (Å²) in [5.41, 5.74) is 2.69. The van der Waals surface area contributed by atoms with Gasteiger partial charge in [-0.2, -0.15) is 5.10 Å². The molecule has 1 amide bonds. The minimum absolute atomic E-state index is 0.0813. The lowest BCUT2D eigenvalue weighted by Crippen LogP contribution is -2.30. The largest absolute Gasteiger partial charge is 0.491 e. The van der Waals surface area contributed by atoms with Crippen molar-refractivity contribution < 1.29 is 9.53 Å². The molecule has 0 unspecified atom stereocenters. The van der Waals surface area contributed by atoms with Crippen LogP contribution in [-0.2, 0) is 13.0 Å². The maximum Gasteiger partial charge on any atom is 0.255 e. The van der Waals surface area contributed by atoms with Gasteiger partial charge in [-0.15, -0.1) is 0 Å². The summed E-state index contributed by atoms with van der Waals surface area (Å²) in [5, 5.41) is 7.47. The first-order chi connectivity index (χ1) is 11.1. The molecule has 5 heteroatoms. The Hall–Kier alpha value is -2.30. The van der Waals surface area contributed by atoms with Gasteiger partial charge >= 0.3 is 0 Å². The fourth-order valence-electron chi connectivity index (χ4n) is 2.99. The van der Waals surface area contributed by atoms with Crippen molar-refractivity contribution in [1.82, 2.24) is 15.1 Å². The van der Waals surface area contributed by atoms with E-state index in [-0.39, 0.29) is 11.9 Å². The maximum absolute atomic E-state index is 12.7. The number of rotatable bonds is 5. The summed E-state index contributed by atoms with van der Waals surface area (Å²) in [6, 6.07) is 7.73. The lowest BCUT2D eigenvalue weighted by atomic mass is 10.1. The van der Waals surface area contributed by atoms with Crippen molar-refractivity contribution in [1.29, 1.82) is 0 Å². The Morgan fingerprint density at radius 1 is 1.43 bits per heavy atom. The highest BCUT2D eigenvalue weighted by molar-refractivity contribution is 5.95. The van der Waals surface area contributed by atoms with E-state index in [1.807, 2.05) is 28.9 Å². The van der Waals surface area contributed by atoms with Gasteiger partial charge in [0.1, 0.15) is 12.4 Å². The molecule has 122 valence electrons. The number of hydrogen-bond donors (Lipinski definition) is 1. The zero-order valence-electron chi connectivity index (χ0n) is 13.9. The van der Waals surface area contributed by atoms with Crippen molar-refractivity contribution >= 4 is 5.91 Å². The van der Waals surface area contributed by atoms with Gasteiger partial charge in [-0.05, 0) is 18.4 Å². The zero-order chi connectivity index (χ0) is 16.4. The molecule has 1 aliphatic rings. The summed E-state index contributed by atoms with van der Waals surface area (Å²) in [6.07, 6.45) is 2.46. The van der Waals surface area contributed by atoms with Crippen LogP contribution in [0.3, 0.4) is 0 Å². The summed E-state index contributed by atoms with van der Waals surface area (Å²) >= 11 is 0. The van der Waals surface area contributed by atoms with Gasteiger partial charge in [0.25, 0.3) is 5.91 Å². The number of hydrogen-bond acceptors (Lipinski definition) is 3. The van der Waals surface area contributed by atoms with Gasteiger partial charge in [0.2, 0.25) is 0 Å². The quantitative estimate of drug-likeness (QED) is 0.923. The Bertz CT molecular complexity index is 706. The number of ether oxygens (including phenoxy) is 1. The Kier molecular flexibility index (Phi) is 4.37. The average Bonchev–Trinajstić information content (AvgIpc) is 3.11. The highest BCUT2D eigenvalue weighted by Crippen LogP contribution is 2.31. The van der Waals surface area contributed by atoms with Crippen LogP contribution in [0.15, 0.2) is 30.5 Å². The van der Waals surface area contributed by atoms with E-state index in [1.54, 1.807) is 6.20 Å². The first-order valence-electron chi connectivity index (χ1n) is 8.17. The van der Waals surface area contributed by atoms with E-state index in [2.05, 4.69) is 31.2 Å². The summed E-state index contributed by atoms with van der Waals surface area (Å²) in [6.45, 7) is 7.65. The molecular weight excluding hydrogens is 290 g/mol. The minimum atomic E-state index is -0.100. The summed E-state index contributed by atoms with van der Waals surface area (Å²) in [7, 11) is 0. The number of carbonyl (C=O) groups is 1. The van der Waals surface area contributed by atoms with Crippen molar-refractivity contribution in [2.24, 2.45) is 5.92 Å². The number of fused-ring (bicyclic) bond motifs is 1. The molecule has 0 saturated heterocycles. The molecule has 23 heavy (non-hydrogen) atoms. The van der Waals surface area contributed by atoms with Crippen LogP contribution < -0.4 is 10.1 Å². The molecule has 1 atom stereocenters. The zero-order valence-corrected chi connectivity index (χ0v) is 13.9. The molecule has 1 aromatic heterocycles. The van der Waals surface area contributed by atoms with Crippen molar-refractivity contribution in [2.45, 2.75) is 39.8 Å². The van der Waals surface area contributed by atoms with Crippen LogP contribution in [0.2, 0.25) is 0 Å². The van der Waals surface area contributed by atoms with Crippen LogP contribution in [0, 0.1) is 5.92 Å². The SMILES string of the molecule is CCc1c(C(=O)N[C@H]2COc3ccccc32)cnn1CC(C)C. The Labute approximate surface area is 136 Å². The molecule has 1 aromatic carbocycles. The molecule has 0 saturated carbocycles. The molecule has 0 aliphatic carbocycles. The molecule has 0 bridgehead atoms. The van der Waals surface area contributed by atoms with Gasteiger partial charge in [-0.1, -0.05) is 39.0 Å². The van der Waals surface area contributed by atoms with Crippen LogP contribution in [0.4, 0.5) is 0 Å². The number of carbonyl (C=O) groups excluding carboxylic acids is 1. The van der Waals surface area contributed by atoms with Gasteiger partial charge in [0.15, 0.2) is 0 Å². The summed E-state index contributed by atoms with van der Waals surface area (Å²) < 4.78 is 7.57. The van der Waals surface area contributed by atoms with E-state index in [1.165, 1.54) is 0 Å². The second-order valence-corrected chi connectivity index (χ2v) is 6.31. The van der Waals surface area contributed by atoms with Crippen molar-refractivity contribution in [2.75, 3.05) is 6.61 Å². The van der Waals surface area contributed by atoms with Crippen LogP contribution in [0.25, 0.3) is 0 Å². The molecule has 1 aliphatic heterocycles. The predicted octanol–water partition coefficient (Wildman–Crippen LogP) is 2.97. The molecule has 0 fully saturated rings. The Balaban J connectivity index is 1.78. The van der Waals surface area contributed by atoms with E-state index in [0.717, 1.165) is 30.0 Å². The summed E-state index contributed by atoms with van der Waals surface area (Å²) in [5.74, 6) is 1.26. The third kappa shape index (κ3) is 3.09. The maximum atomic E-state index is 12.7. The van der Waals surface area contributed by atoms with Crippen LogP contribution in [-0.4, -0.2) is 22.3 Å². The van der Waals surface area contributed by atoms with Gasteiger partial charge in [0, 0.05) is 12.1 Å². The van der Waals surface area contributed by atoms with E-state index >= 15 is 0 Å². The predicted molar refractivity (Wildman–Crippen MR) is 88.6 cm³/mol. The molecule has 3 rings (SSSR count). The third-order valence-corrected chi connectivity index (χ3v) is 4.07. The Morgan fingerprint density at radius 3 is 2.96 bits per heavy atom. The Morgan fingerprint density at radius 2 is 2.22 bits per heavy atom. The number of para-hydroxylation sites is 1. The molecule has 0 spiro atoms. The van der Waals surface area contributed by atoms with Gasteiger partial charge < -0.3 is 10.1 Å². The molecule has 5 nitrogen and oxygen atoms in total. The minimum Gasteiger partial charge on any atom is -0.491 e. The van der Waals surface area contributed by atoms with E-state index in [9.17, 15) is 4.79 Å². The highest BCUT2D eigenvalue weighted by Gasteiger charge is 2.27. The van der Waals surface area contributed by atoms with Crippen molar-refractivity contribution in [3.63, 3.8) is 0 Å². The third-order valence-electron chi connectivity index (χ3n) is 4.07. The smallest absolute Gasteiger partial charge is 0.255 e. The fraction of sp³-hybridized carbons (Fsp3) is 0.444. The lowest BCUT2D eigenvalue weighted by molar-refractivity contribution is 0.0929. The van der Waals surface area contributed by atoms with E-state index in [0.29, 0.717) is 18.1 Å². The number of amides is 1. The number of nitrogens with one attached hydrogen (secondary N) is 1. The van der Waals surface area contributed by atoms with Crippen molar-refractivity contribution in [3.05, 3.63) is 47.3 Å². The second-order valence-electron chi connectivity index (χ2n) is 6.31. The van der Waals surface area contributed by atoms with E-state index in [4.69, 9.17) is 4.74 Å². The summed E-state index contributed by atoms with van der Waals surface area (Å²) in [4.78, 5) is 12.7. The first-order valence-corrected chi connectivity index (χ1v) is 8.17. The molecule has 0 radical (unpaired) electrons. The number of aromatic nitrogens is 2. The first kappa shape index (κ1) is 15.6. The monoisotopic (exact) mass is 313 g/mol. The van der Waals surface area contributed by atoms with Gasteiger partial charge in [-0.25, -0.2) is 0 Å². The van der Waals surface area contributed by atoms with Crippen LogP contribution in [0.1, 0.15) is 48.4 Å². The molecular formula is C18H23N3O2. The molecule has 1 N–H and O–H groups in total. The van der Waals surface area contributed by atoms with Crippen LogP contribution in [0.5, 0.6) is 5.75 Å². The van der Waals surface area contributed by atoms with Gasteiger partial charge in [0.05, 0.1) is 23.5 Å². The fourth-order valence-corrected chi connectivity index (χ4v) is 2.99. The average molecular weight is 313 g/mol. The van der Waals surface area contributed by atoms with E-state index < -0.39 is 0 Å². The lowest BCUT2D eigenvalue weighted by Gasteiger charge is -2.13. The highest BCUT2D eigenvalue weighted by atomic mass is 16.5. The molecule has 2 aromatic rings. The number of benzene rings is 1.